The van der Waals surface area contributed by atoms with Crippen LogP contribution in [0, 0.1) is 0 Å². The summed E-state index contributed by atoms with van der Waals surface area (Å²) >= 11 is 0. The van der Waals surface area contributed by atoms with Gasteiger partial charge in [0.1, 0.15) is 0 Å². The van der Waals surface area contributed by atoms with Gasteiger partial charge in [-0.05, 0) is 43.4 Å². The van der Waals surface area contributed by atoms with Crippen LogP contribution in [0.2, 0.25) is 0 Å². The second-order valence-electron chi connectivity index (χ2n) is 6.76. The number of hydrogen-bond acceptors (Lipinski definition) is 2. The first-order valence-corrected chi connectivity index (χ1v) is 7.80. The molecule has 0 radical (unpaired) electrons. The molecule has 0 amide bonds. The summed E-state index contributed by atoms with van der Waals surface area (Å²) in [5.41, 5.74) is 2.90. The lowest BCUT2D eigenvalue weighted by molar-refractivity contribution is 0.0611. The summed E-state index contributed by atoms with van der Waals surface area (Å²) in [5.74, 6) is 0. The zero-order valence-electron chi connectivity index (χ0n) is 14.0. The Hall–Kier alpha value is -0.860. The van der Waals surface area contributed by atoms with Gasteiger partial charge >= 0.3 is 0 Å². The average Bonchev–Trinajstić information content (AvgIpc) is 2.38. The van der Waals surface area contributed by atoms with E-state index in [4.69, 9.17) is 4.74 Å². The third-order valence-corrected chi connectivity index (χ3v) is 3.42. The second kappa shape index (κ2) is 7.80. The van der Waals surface area contributed by atoms with Gasteiger partial charge in [-0.1, -0.05) is 52.0 Å². The normalized spacial score (nSPS) is 13.8. The minimum Gasteiger partial charge on any atom is -0.377 e. The highest BCUT2D eigenvalue weighted by Gasteiger charge is 2.16. The SMILES string of the molecule is CCCNC(COC(C)C)c1ccc(C(C)(C)C)cc1. The summed E-state index contributed by atoms with van der Waals surface area (Å²) in [6.07, 6.45) is 1.41. The molecule has 20 heavy (non-hydrogen) atoms. The molecule has 0 fully saturated rings. The molecule has 0 aliphatic carbocycles. The molecule has 2 heteroatoms. The highest BCUT2D eigenvalue weighted by Crippen LogP contribution is 2.24. The molecule has 1 atom stereocenters. The molecular weight excluding hydrogens is 246 g/mol. The summed E-state index contributed by atoms with van der Waals surface area (Å²) in [7, 11) is 0. The molecule has 1 rings (SSSR count). The maximum Gasteiger partial charge on any atom is 0.0664 e. The minimum absolute atomic E-state index is 0.208. The summed E-state index contributed by atoms with van der Waals surface area (Å²) in [6.45, 7) is 14.8. The van der Waals surface area contributed by atoms with E-state index in [1.165, 1.54) is 11.1 Å². The molecule has 1 aromatic carbocycles. The van der Waals surface area contributed by atoms with E-state index in [9.17, 15) is 0 Å². The molecule has 0 spiro atoms. The molecule has 0 aromatic heterocycles. The lowest BCUT2D eigenvalue weighted by atomic mass is 9.86. The van der Waals surface area contributed by atoms with Crippen molar-refractivity contribution in [1.29, 1.82) is 0 Å². The smallest absolute Gasteiger partial charge is 0.0664 e. The number of benzene rings is 1. The van der Waals surface area contributed by atoms with E-state index < -0.39 is 0 Å². The largest absolute Gasteiger partial charge is 0.377 e. The van der Waals surface area contributed by atoms with Gasteiger partial charge in [-0.3, -0.25) is 0 Å². The maximum atomic E-state index is 5.79. The molecule has 1 aromatic rings. The number of rotatable bonds is 7. The average molecular weight is 277 g/mol. The number of nitrogens with one attached hydrogen (secondary N) is 1. The van der Waals surface area contributed by atoms with Crippen molar-refractivity contribution >= 4 is 0 Å². The lowest BCUT2D eigenvalue weighted by Crippen LogP contribution is -2.27. The van der Waals surface area contributed by atoms with Crippen LogP contribution in [0.4, 0.5) is 0 Å². The zero-order valence-corrected chi connectivity index (χ0v) is 14.0. The van der Waals surface area contributed by atoms with Gasteiger partial charge in [0, 0.05) is 0 Å². The van der Waals surface area contributed by atoms with E-state index in [2.05, 4.69) is 71.1 Å². The van der Waals surface area contributed by atoms with Gasteiger partial charge in [0.15, 0.2) is 0 Å². The lowest BCUT2D eigenvalue weighted by Gasteiger charge is -2.23. The van der Waals surface area contributed by atoms with Gasteiger partial charge in [0.05, 0.1) is 18.8 Å². The van der Waals surface area contributed by atoms with Crippen LogP contribution in [0.15, 0.2) is 24.3 Å². The predicted octanol–water partition coefficient (Wildman–Crippen LogP) is 4.45. The quantitative estimate of drug-likeness (QED) is 0.795. The van der Waals surface area contributed by atoms with Crippen molar-refractivity contribution in [3.05, 3.63) is 35.4 Å². The highest BCUT2D eigenvalue weighted by atomic mass is 16.5. The van der Waals surface area contributed by atoms with Gasteiger partial charge in [0.25, 0.3) is 0 Å². The van der Waals surface area contributed by atoms with Crippen molar-refractivity contribution < 1.29 is 4.74 Å². The molecular formula is C18H31NO. The van der Waals surface area contributed by atoms with Crippen molar-refractivity contribution in [2.45, 2.75) is 65.5 Å². The summed E-state index contributed by atoms with van der Waals surface area (Å²) in [6, 6.07) is 9.23. The van der Waals surface area contributed by atoms with Crippen molar-refractivity contribution in [3.63, 3.8) is 0 Å². The third-order valence-electron chi connectivity index (χ3n) is 3.42. The Balaban J connectivity index is 2.79. The first kappa shape index (κ1) is 17.2. The predicted molar refractivity (Wildman–Crippen MR) is 87.3 cm³/mol. The Labute approximate surface area is 124 Å². The van der Waals surface area contributed by atoms with Crippen LogP contribution >= 0.6 is 0 Å². The van der Waals surface area contributed by atoms with Gasteiger partial charge in [-0.15, -0.1) is 0 Å². The Morgan fingerprint density at radius 1 is 1.10 bits per heavy atom. The standard InChI is InChI=1S/C18H31NO/c1-7-12-19-17(13-20-14(2)3)15-8-10-16(11-9-15)18(4,5)6/h8-11,14,17,19H,7,12-13H2,1-6H3. The van der Waals surface area contributed by atoms with E-state index >= 15 is 0 Å². The number of hydrogen-bond donors (Lipinski definition) is 1. The van der Waals surface area contributed by atoms with E-state index in [1.54, 1.807) is 0 Å². The number of ether oxygens (including phenoxy) is 1. The fourth-order valence-corrected chi connectivity index (χ4v) is 2.10. The molecule has 0 aliphatic rings. The van der Waals surface area contributed by atoms with Crippen LogP contribution in [0.5, 0.6) is 0 Å². The highest BCUT2D eigenvalue weighted by molar-refractivity contribution is 5.29. The fraction of sp³-hybridized carbons (Fsp3) is 0.667. The molecule has 0 saturated carbocycles. The van der Waals surface area contributed by atoms with Gasteiger partial charge in [-0.2, -0.15) is 0 Å². The first-order chi connectivity index (χ1) is 9.34. The Kier molecular flexibility index (Phi) is 6.70. The first-order valence-electron chi connectivity index (χ1n) is 7.80. The van der Waals surface area contributed by atoms with Crippen LogP contribution in [0.25, 0.3) is 0 Å². The fourth-order valence-electron chi connectivity index (χ4n) is 2.10. The van der Waals surface area contributed by atoms with Crippen LogP contribution in [0.1, 0.15) is 65.1 Å². The summed E-state index contributed by atoms with van der Waals surface area (Å²) in [4.78, 5) is 0. The van der Waals surface area contributed by atoms with Crippen molar-refractivity contribution in [2.24, 2.45) is 0 Å². The monoisotopic (exact) mass is 277 g/mol. The van der Waals surface area contributed by atoms with Crippen LogP contribution in [-0.2, 0) is 10.2 Å². The Bertz CT molecular complexity index is 375. The minimum atomic E-state index is 0.208. The zero-order chi connectivity index (χ0) is 15.2. The van der Waals surface area contributed by atoms with Gasteiger partial charge < -0.3 is 10.1 Å². The van der Waals surface area contributed by atoms with Crippen LogP contribution in [-0.4, -0.2) is 19.3 Å². The van der Waals surface area contributed by atoms with Crippen molar-refractivity contribution in [2.75, 3.05) is 13.2 Å². The molecule has 0 saturated heterocycles. The second-order valence-corrected chi connectivity index (χ2v) is 6.76. The van der Waals surface area contributed by atoms with Crippen molar-refractivity contribution in [1.82, 2.24) is 5.32 Å². The molecule has 1 N–H and O–H groups in total. The maximum absolute atomic E-state index is 5.79. The van der Waals surface area contributed by atoms with E-state index in [-0.39, 0.29) is 17.6 Å². The van der Waals surface area contributed by atoms with E-state index in [1.807, 2.05) is 0 Å². The molecule has 1 unspecified atom stereocenters. The Morgan fingerprint density at radius 3 is 2.15 bits per heavy atom. The topological polar surface area (TPSA) is 21.3 Å². The van der Waals surface area contributed by atoms with Crippen LogP contribution < -0.4 is 5.32 Å². The molecule has 114 valence electrons. The van der Waals surface area contributed by atoms with E-state index in [0.29, 0.717) is 0 Å². The molecule has 0 bridgehead atoms. The summed E-state index contributed by atoms with van der Waals surface area (Å²) in [5, 5.41) is 3.57. The Morgan fingerprint density at radius 2 is 1.70 bits per heavy atom. The molecule has 2 nitrogen and oxygen atoms in total. The third kappa shape index (κ3) is 5.64. The van der Waals surface area contributed by atoms with Gasteiger partial charge in [-0.25, -0.2) is 0 Å². The molecule has 0 aliphatic heterocycles. The molecule has 0 heterocycles. The van der Waals surface area contributed by atoms with Crippen LogP contribution in [0.3, 0.4) is 0 Å². The van der Waals surface area contributed by atoms with Crippen molar-refractivity contribution in [3.8, 4) is 0 Å². The van der Waals surface area contributed by atoms with E-state index in [0.717, 1.165) is 19.6 Å². The van der Waals surface area contributed by atoms with Gasteiger partial charge in [0.2, 0.25) is 0 Å². The summed E-state index contributed by atoms with van der Waals surface area (Å²) < 4.78 is 5.79.